The monoisotopic (exact) mass is 294 g/mol. The average Bonchev–Trinajstić information content (AvgIpc) is 2.92. The zero-order chi connectivity index (χ0) is 15.4. The molecule has 4 atom stereocenters. The first-order valence-corrected chi connectivity index (χ1v) is 9.28. The Kier molecular flexibility index (Phi) is 5.18. The molecule has 2 aliphatic carbocycles. The maximum atomic E-state index is 2.49. The Morgan fingerprint density at radius 2 is 1.82 bits per heavy atom. The maximum absolute atomic E-state index is 2.49. The fourth-order valence-corrected chi connectivity index (χ4v) is 4.69. The van der Waals surface area contributed by atoms with Crippen molar-refractivity contribution in [2.24, 2.45) is 17.8 Å². The molecule has 3 rings (SSSR count). The highest BCUT2D eigenvalue weighted by Crippen LogP contribution is 2.52. The van der Waals surface area contributed by atoms with Crippen molar-refractivity contribution in [2.45, 2.75) is 58.3 Å². The van der Waals surface area contributed by atoms with E-state index in [4.69, 9.17) is 0 Å². The van der Waals surface area contributed by atoms with E-state index in [1.54, 1.807) is 11.1 Å². The van der Waals surface area contributed by atoms with Crippen molar-refractivity contribution in [3.05, 3.63) is 59.7 Å². The number of fused-ring (bicyclic) bond motifs is 1. The lowest BCUT2D eigenvalue weighted by Crippen LogP contribution is -2.16. The van der Waals surface area contributed by atoms with Crippen molar-refractivity contribution in [3.8, 4) is 0 Å². The van der Waals surface area contributed by atoms with Crippen LogP contribution in [0.15, 0.2) is 48.6 Å². The summed E-state index contributed by atoms with van der Waals surface area (Å²) in [7, 11) is 0. The van der Waals surface area contributed by atoms with Crippen molar-refractivity contribution in [3.63, 3.8) is 0 Å². The minimum atomic E-state index is 0.761. The molecule has 0 saturated heterocycles. The molecule has 0 aromatic heterocycles. The van der Waals surface area contributed by atoms with Crippen molar-refractivity contribution in [1.82, 2.24) is 0 Å². The van der Waals surface area contributed by atoms with Crippen LogP contribution in [0.25, 0.3) is 0 Å². The van der Waals surface area contributed by atoms with Crippen molar-refractivity contribution < 1.29 is 0 Å². The van der Waals surface area contributed by atoms with E-state index in [0.717, 1.165) is 23.7 Å². The molecule has 4 unspecified atom stereocenters. The second-order valence-electron chi connectivity index (χ2n) is 7.11. The van der Waals surface area contributed by atoms with Gasteiger partial charge in [0, 0.05) is 0 Å². The van der Waals surface area contributed by atoms with Gasteiger partial charge in [0.1, 0.15) is 0 Å². The van der Waals surface area contributed by atoms with Crippen LogP contribution in [0.2, 0.25) is 0 Å². The lowest BCUT2D eigenvalue weighted by Gasteiger charge is -2.26. The first kappa shape index (κ1) is 15.6. The number of allylic oxidation sites excluding steroid dienone is 4. The van der Waals surface area contributed by atoms with Crippen LogP contribution >= 0.6 is 0 Å². The number of rotatable bonds is 6. The average molecular weight is 294 g/mol. The highest BCUT2D eigenvalue weighted by atomic mass is 14.5. The molecular weight excluding hydrogens is 264 g/mol. The number of hydrogen-bond donors (Lipinski definition) is 0. The van der Waals surface area contributed by atoms with Crippen LogP contribution in [-0.4, -0.2) is 0 Å². The van der Waals surface area contributed by atoms with Gasteiger partial charge >= 0.3 is 0 Å². The normalized spacial score (nSPS) is 29.7. The van der Waals surface area contributed by atoms with Crippen LogP contribution in [0.5, 0.6) is 0 Å². The molecule has 0 spiro atoms. The van der Waals surface area contributed by atoms with Gasteiger partial charge in [-0.2, -0.15) is 0 Å². The van der Waals surface area contributed by atoms with Gasteiger partial charge in [0.15, 0.2) is 0 Å². The molecule has 22 heavy (non-hydrogen) atoms. The van der Waals surface area contributed by atoms with E-state index in [0.29, 0.717) is 0 Å². The molecule has 0 nitrogen and oxygen atoms in total. The minimum absolute atomic E-state index is 0.761. The second-order valence-corrected chi connectivity index (χ2v) is 7.11. The Morgan fingerprint density at radius 1 is 1.00 bits per heavy atom. The number of hydrogen-bond acceptors (Lipinski definition) is 0. The molecule has 2 aliphatic rings. The molecular formula is C22H30. The van der Waals surface area contributed by atoms with Gasteiger partial charge in [0.2, 0.25) is 0 Å². The van der Waals surface area contributed by atoms with Crippen LogP contribution in [0.1, 0.15) is 63.0 Å². The summed E-state index contributed by atoms with van der Waals surface area (Å²) in [5.74, 6) is 3.14. The number of unbranched alkanes of at least 4 members (excludes halogenated alkanes) is 1. The molecule has 0 heteroatoms. The molecule has 118 valence electrons. The van der Waals surface area contributed by atoms with Gasteiger partial charge in [-0.3, -0.25) is 0 Å². The molecule has 0 heterocycles. The van der Waals surface area contributed by atoms with Gasteiger partial charge in [0.05, 0.1) is 0 Å². The van der Waals surface area contributed by atoms with E-state index in [2.05, 4.69) is 62.4 Å². The lowest BCUT2D eigenvalue weighted by molar-refractivity contribution is 0.359. The zero-order valence-electron chi connectivity index (χ0n) is 14.2. The van der Waals surface area contributed by atoms with Gasteiger partial charge < -0.3 is 0 Å². The molecule has 1 saturated carbocycles. The fourth-order valence-electron chi connectivity index (χ4n) is 4.69. The Hall–Kier alpha value is -1.30. The summed E-state index contributed by atoms with van der Waals surface area (Å²) in [6.07, 6.45) is 17.4. The van der Waals surface area contributed by atoms with E-state index in [1.165, 1.54) is 38.5 Å². The van der Waals surface area contributed by atoms with Crippen molar-refractivity contribution in [1.29, 1.82) is 0 Å². The van der Waals surface area contributed by atoms with Crippen LogP contribution in [0.4, 0.5) is 0 Å². The molecule has 0 N–H and O–H groups in total. The lowest BCUT2D eigenvalue weighted by atomic mass is 9.78. The summed E-state index contributed by atoms with van der Waals surface area (Å²) in [6, 6.07) is 9.25. The molecule has 0 bridgehead atoms. The Balaban J connectivity index is 1.90. The fraction of sp³-hybridized carbons (Fsp3) is 0.545. The van der Waals surface area contributed by atoms with Gasteiger partial charge in [0.25, 0.3) is 0 Å². The third-order valence-electron chi connectivity index (χ3n) is 5.70. The Labute approximate surface area is 136 Å². The summed E-state index contributed by atoms with van der Waals surface area (Å²) in [5.41, 5.74) is 3.25. The van der Waals surface area contributed by atoms with E-state index >= 15 is 0 Å². The zero-order valence-corrected chi connectivity index (χ0v) is 14.2. The largest absolute Gasteiger partial charge is 0.0808 e. The van der Waals surface area contributed by atoms with Gasteiger partial charge in [-0.25, -0.2) is 0 Å². The summed E-state index contributed by atoms with van der Waals surface area (Å²) >= 11 is 0. The summed E-state index contributed by atoms with van der Waals surface area (Å²) in [4.78, 5) is 0. The predicted molar refractivity (Wildman–Crippen MR) is 96.1 cm³/mol. The second kappa shape index (κ2) is 7.31. The molecule has 0 aliphatic heterocycles. The first-order valence-electron chi connectivity index (χ1n) is 9.28. The van der Waals surface area contributed by atoms with Crippen LogP contribution in [0.3, 0.4) is 0 Å². The first-order chi connectivity index (χ1) is 10.8. The summed E-state index contributed by atoms with van der Waals surface area (Å²) in [5, 5.41) is 0. The quantitative estimate of drug-likeness (QED) is 0.578. The molecule has 0 amide bonds. The van der Waals surface area contributed by atoms with E-state index in [1.807, 2.05) is 0 Å². The Morgan fingerprint density at radius 3 is 2.64 bits per heavy atom. The third-order valence-corrected chi connectivity index (χ3v) is 5.70. The summed E-state index contributed by atoms with van der Waals surface area (Å²) in [6.45, 7) is 4.62. The number of aryl methyl sites for hydroxylation is 1. The van der Waals surface area contributed by atoms with Crippen molar-refractivity contribution >= 4 is 0 Å². The third kappa shape index (κ3) is 3.07. The maximum Gasteiger partial charge on any atom is -0.0119 e. The predicted octanol–water partition coefficient (Wildman–Crippen LogP) is 6.29. The van der Waals surface area contributed by atoms with Crippen LogP contribution in [-0.2, 0) is 6.42 Å². The smallest absolute Gasteiger partial charge is 0.0119 e. The van der Waals surface area contributed by atoms with E-state index < -0.39 is 0 Å². The van der Waals surface area contributed by atoms with Crippen LogP contribution in [0, 0.1) is 17.8 Å². The van der Waals surface area contributed by atoms with Crippen LogP contribution < -0.4 is 0 Å². The molecule has 1 fully saturated rings. The number of benzene rings is 1. The minimum Gasteiger partial charge on any atom is -0.0808 e. The van der Waals surface area contributed by atoms with Gasteiger partial charge in [-0.1, -0.05) is 81.7 Å². The topological polar surface area (TPSA) is 0 Å². The highest BCUT2D eigenvalue weighted by Gasteiger charge is 2.41. The molecule has 1 aromatic rings. The molecule has 1 aromatic carbocycles. The standard InChI is InChI=1S/C22H30/c1-3-5-13-21-20-15-9-7-12-18(20)16-22(21)19-14-8-6-11-17(19)10-4-2/h6-9,11-12,14-15,18,20-22H,3-5,10,13,16H2,1-2H3. The highest BCUT2D eigenvalue weighted by molar-refractivity contribution is 5.34. The van der Waals surface area contributed by atoms with E-state index in [9.17, 15) is 0 Å². The van der Waals surface area contributed by atoms with Crippen molar-refractivity contribution in [2.75, 3.05) is 0 Å². The SMILES string of the molecule is CCCCC1C(c2ccccc2CCC)CC2C=CC=CC21. The van der Waals surface area contributed by atoms with Gasteiger partial charge in [-0.15, -0.1) is 0 Å². The van der Waals surface area contributed by atoms with E-state index in [-0.39, 0.29) is 0 Å². The Bertz CT molecular complexity index is 537. The molecule has 0 radical (unpaired) electrons. The van der Waals surface area contributed by atoms with Gasteiger partial charge in [-0.05, 0) is 54.1 Å². The summed E-state index contributed by atoms with van der Waals surface area (Å²) < 4.78 is 0.